The molecule has 0 heterocycles. The molecule has 0 saturated carbocycles. The lowest BCUT2D eigenvalue weighted by molar-refractivity contribution is 0.103. The third kappa shape index (κ3) is 3.05. The Balaban J connectivity index is 2.26. The number of halogens is 1. The first-order valence-electron chi connectivity index (χ1n) is 6.63. The zero-order valence-electron chi connectivity index (χ0n) is 11.7. The van der Waals surface area contributed by atoms with Gasteiger partial charge in [0.1, 0.15) is 11.6 Å². The van der Waals surface area contributed by atoms with E-state index in [1.54, 1.807) is 18.2 Å². The van der Waals surface area contributed by atoms with Crippen LogP contribution in [-0.2, 0) is 6.42 Å². The van der Waals surface area contributed by atoms with Crippen LogP contribution in [0.2, 0.25) is 0 Å². The molecule has 104 valence electrons. The first kappa shape index (κ1) is 14.3. The largest absolute Gasteiger partial charge is 0.497 e. The van der Waals surface area contributed by atoms with Crippen LogP contribution in [-0.4, -0.2) is 12.9 Å². The second-order valence-corrected chi connectivity index (χ2v) is 4.62. The van der Waals surface area contributed by atoms with E-state index >= 15 is 0 Å². The van der Waals surface area contributed by atoms with Crippen LogP contribution >= 0.6 is 0 Å². The van der Waals surface area contributed by atoms with Gasteiger partial charge in [-0.2, -0.15) is 0 Å². The van der Waals surface area contributed by atoms with Crippen LogP contribution < -0.4 is 4.74 Å². The third-order valence-electron chi connectivity index (χ3n) is 3.18. The number of hydrogen-bond acceptors (Lipinski definition) is 2. The molecule has 2 aromatic carbocycles. The lowest BCUT2D eigenvalue weighted by atomic mass is 10.0. The molecule has 0 aliphatic carbocycles. The monoisotopic (exact) mass is 272 g/mol. The molecule has 0 aliphatic rings. The predicted octanol–water partition coefficient (Wildman–Crippen LogP) is 4.02. The average molecular weight is 272 g/mol. The van der Waals surface area contributed by atoms with Crippen LogP contribution in [0.4, 0.5) is 4.39 Å². The number of methoxy groups -OCH3 is 1. The van der Waals surface area contributed by atoms with Gasteiger partial charge in [0.05, 0.1) is 12.7 Å². The molecule has 20 heavy (non-hydrogen) atoms. The van der Waals surface area contributed by atoms with Crippen LogP contribution in [0, 0.1) is 5.82 Å². The van der Waals surface area contributed by atoms with E-state index in [1.807, 2.05) is 12.1 Å². The summed E-state index contributed by atoms with van der Waals surface area (Å²) in [5.74, 6) is -0.475. The van der Waals surface area contributed by atoms with Crippen molar-refractivity contribution in [1.82, 2.24) is 0 Å². The standard InChI is InChI=1S/C17H17FO2/c1-3-4-12-5-7-13(8-6-12)17(19)15-10-9-14(20-2)11-16(15)18/h5-11H,3-4H2,1-2H3. The predicted molar refractivity (Wildman–Crippen MR) is 76.8 cm³/mol. The molecule has 2 aromatic rings. The highest BCUT2D eigenvalue weighted by atomic mass is 19.1. The molecule has 2 nitrogen and oxygen atoms in total. The van der Waals surface area contributed by atoms with Crippen LogP contribution in [0.1, 0.15) is 34.8 Å². The van der Waals surface area contributed by atoms with Crippen molar-refractivity contribution in [1.29, 1.82) is 0 Å². The number of ketones is 1. The molecule has 0 aromatic heterocycles. The van der Waals surface area contributed by atoms with Gasteiger partial charge in [0.25, 0.3) is 0 Å². The Labute approximate surface area is 118 Å². The summed E-state index contributed by atoms with van der Waals surface area (Å²) in [7, 11) is 1.46. The van der Waals surface area contributed by atoms with Crippen molar-refractivity contribution in [2.75, 3.05) is 7.11 Å². The Hall–Kier alpha value is -2.16. The van der Waals surface area contributed by atoms with Crippen molar-refractivity contribution in [3.05, 3.63) is 65.0 Å². The van der Waals surface area contributed by atoms with Crippen molar-refractivity contribution in [3.8, 4) is 5.75 Å². The Bertz CT molecular complexity index is 603. The van der Waals surface area contributed by atoms with E-state index in [2.05, 4.69) is 6.92 Å². The van der Waals surface area contributed by atoms with Gasteiger partial charge in [-0.3, -0.25) is 4.79 Å². The molecule has 0 fully saturated rings. The van der Waals surface area contributed by atoms with Gasteiger partial charge in [-0.05, 0) is 24.1 Å². The molecule has 0 saturated heterocycles. The van der Waals surface area contributed by atoms with Crippen LogP contribution in [0.25, 0.3) is 0 Å². The zero-order chi connectivity index (χ0) is 14.5. The molecular formula is C17H17FO2. The molecule has 0 bridgehead atoms. The molecular weight excluding hydrogens is 255 g/mol. The van der Waals surface area contributed by atoms with Gasteiger partial charge in [0.2, 0.25) is 0 Å². The Morgan fingerprint density at radius 3 is 2.40 bits per heavy atom. The number of carbonyl (C=O) groups is 1. The van der Waals surface area contributed by atoms with Gasteiger partial charge in [-0.15, -0.1) is 0 Å². The smallest absolute Gasteiger partial charge is 0.195 e. The number of ether oxygens (including phenoxy) is 1. The second-order valence-electron chi connectivity index (χ2n) is 4.62. The van der Waals surface area contributed by atoms with Crippen LogP contribution in [0.15, 0.2) is 42.5 Å². The lowest BCUT2D eigenvalue weighted by Crippen LogP contribution is -2.04. The van der Waals surface area contributed by atoms with Gasteiger partial charge >= 0.3 is 0 Å². The number of hydrogen-bond donors (Lipinski definition) is 0. The van der Waals surface area contributed by atoms with Crippen molar-refractivity contribution in [2.24, 2.45) is 0 Å². The van der Waals surface area contributed by atoms with Crippen molar-refractivity contribution in [2.45, 2.75) is 19.8 Å². The maximum Gasteiger partial charge on any atom is 0.195 e. The van der Waals surface area contributed by atoms with Crippen molar-refractivity contribution in [3.63, 3.8) is 0 Å². The van der Waals surface area contributed by atoms with Gasteiger partial charge in [0, 0.05) is 11.6 Å². The molecule has 0 unspecified atom stereocenters. The summed E-state index contributed by atoms with van der Waals surface area (Å²) in [5.41, 5.74) is 1.74. The highest BCUT2D eigenvalue weighted by Crippen LogP contribution is 2.19. The van der Waals surface area contributed by atoms with Crippen molar-refractivity contribution < 1.29 is 13.9 Å². The van der Waals surface area contributed by atoms with E-state index in [1.165, 1.54) is 24.8 Å². The Morgan fingerprint density at radius 2 is 1.85 bits per heavy atom. The number of carbonyl (C=O) groups excluding carboxylic acids is 1. The van der Waals surface area contributed by atoms with E-state index in [0.29, 0.717) is 11.3 Å². The number of rotatable bonds is 5. The van der Waals surface area contributed by atoms with Gasteiger partial charge in [-0.1, -0.05) is 37.6 Å². The summed E-state index contributed by atoms with van der Waals surface area (Å²) >= 11 is 0. The molecule has 0 spiro atoms. The summed E-state index contributed by atoms with van der Waals surface area (Å²) in [6, 6.07) is 11.6. The number of benzene rings is 2. The minimum atomic E-state index is -0.563. The van der Waals surface area contributed by atoms with Gasteiger partial charge in [0.15, 0.2) is 5.78 Å². The normalized spacial score (nSPS) is 10.3. The summed E-state index contributed by atoms with van der Waals surface area (Å²) < 4.78 is 18.8. The molecule has 3 heteroatoms. The SMILES string of the molecule is CCCc1ccc(C(=O)c2ccc(OC)cc2F)cc1. The zero-order valence-corrected chi connectivity index (χ0v) is 11.7. The highest BCUT2D eigenvalue weighted by molar-refractivity contribution is 6.09. The summed E-state index contributed by atoms with van der Waals surface area (Å²) in [6.45, 7) is 2.10. The molecule has 0 atom stereocenters. The van der Waals surface area contributed by atoms with Gasteiger partial charge in [-0.25, -0.2) is 4.39 Å². The Morgan fingerprint density at radius 1 is 1.15 bits per heavy atom. The molecule has 0 amide bonds. The maximum atomic E-state index is 13.9. The maximum absolute atomic E-state index is 13.9. The molecule has 0 N–H and O–H groups in total. The van der Waals surface area contributed by atoms with E-state index in [9.17, 15) is 9.18 Å². The van der Waals surface area contributed by atoms with E-state index in [0.717, 1.165) is 12.8 Å². The highest BCUT2D eigenvalue weighted by Gasteiger charge is 2.14. The fraction of sp³-hybridized carbons (Fsp3) is 0.235. The average Bonchev–Trinajstić information content (AvgIpc) is 2.47. The summed E-state index contributed by atoms with van der Waals surface area (Å²) in [6.07, 6.45) is 2.03. The van der Waals surface area contributed by atoms with E-state index < -0.39 is 5.82 Å². The van der Waals surface area contributed by atoms with Crippen LogP contribution in [0.3, 0.4) is 0 Å². The minimum Gasteiger partial charge on any atom is -0.497 e. The first-order chi connectivity index (χ1) is 9.65. The number of aryl methyl sites for hydroxylation is 1. The lowest BCUT2D eigenvalue weighted by Gasteiger charge is -2.06. The topological polar surface area (TPSA) is 26.3 Å². The molecule has 2 rings (SSSR count). The first-order valence-corrected chi connectivity index (χ1v) is 6.63. The second kappa shape index (κ2) is 6.33. The Kier molecular flexibility index (Phi) is 4.51. The van der Waals surface area contributed by atoms with Crippen molar-refractivity contribution >= 4 is 5.78 Å². The fourth-order valence-corrected chi connectivity index (χ4v) is 2.07. The molecule has 0 radical (unpaired) electrons. The third-order valence-corrected chi connectivity index (χ3v) is 3.18. The quantitative estimate of drug-likeness (QED) is 0.768. The van der Waals surface area contributed by atoms with E-state index in [-0.39, 0.29) is 11.3 Å². The minimum absolute atomic E-state index is 0.0639. The summed E-state index contributed by atoms with van der Waals surface area (Å²) in [5, 5.41) is 0. The summed E-state index contributed by atoms with van der Waals surface area (Å²) in [4.78, 5) is 12.3. The van der Waals surface area contributed by atoms with E-state index in [4.69, 9.17) is 4.74 Å². The van der Waals surface area contributed by atoms with Crippen LogP contribution in [0.5, 0.6) is 5.75 Å². The fourth-order valence-electron chi connectivity index (χ4n) is 2.07. The van der Waals surface area contributed by atoms with Gasteiger partial charge < -0.3 is 4.74 Å². The molecule has 0 aliphatic heterocycles.